The molecule has 25 heavy (non-hydrogen) atoms. The standard InChI is InChI=1S/C18H25Br2FN2OS/c1-2-3-4-5-6-7-8-9-10-11-12-24-18-14(20)17-16(22-25-23-17)13(19)15(18)21/h2-12H2,1H3. The molecule has 0 aliphatic rings. The number of aromatic nitrogens is 2. The van der Waals surface area contributed by atoms with Crippen LogP contribution in [0.3, 0.4) is 0 Å². The SMILES string of the molecule is CCCCCCCCCCCCOc1c(F)c(Br)c2nsnc2c1Br. The lowest BCUT2D eigenvalue weighted by atomic mass is 10.1. The van der Waals surface area contributed by atoms with Crippen LogP contribution in [-0.2, 0) is 0 Å². The van der Waals surface area contributed by atoms with Gasteiger partial charge in [-0.15, -0.1) is 0 Å². The molecule has 2 aromatic rings. The van der Waals surface area contributed by atoms with Gasteiger partial charge in [0.05, 0.1) is 27.3 Å². The topological polar surface area (TPSA) is 35.0 Å². The first-order valence-electron chi connectivity index (χ1n) is 9.08. The van der Waals surface area contributed by atoms with E-state index in [0.717, 1.165) is 24.6 Å². The fourth-order valence-electron chi connectivity index (χ4n) is 2.77. The van der Waals surface area contributed by atoms with E-state index in [4.69, 9.17) is 4.74 Å². The number of nitrogens with zero attached hydrogens (tertiary/aromatic N) is 2. The van der Waals surface area contributed by atoms with Crippen molar-refractivity contribution in [3.05, 3.63) is 14.8 Å². The molecule has 0 amide bonds. The molecule has 0 saturated carbocycles. The molecule has 0 saturated heterocycles. The number of fused-ring (bicyclic) bond motifs is 1. The maximum absolute atomic E-state index is 14.4. The molecule has 0 aliphatic heterocycles. The Bertz CT molecular complexity index is 666. The van der Waals surface area contributed by atoms with Gasteiger partial charge in [-0.05, 0) is 38.3 Å². The van der Waals surface area contributed by atoms with Gasteiger partial charge in [0.15, 0.2) is 11.6 Å². The van der Waals surface area contributed by atoms with Crippen LogP contribution >= 0.6 is 43.6 Å². The molecular formula is C18H25Br2FN2OS. The summed E-state index contributed by atoms with van der Waals surface area (Å²) in [5, 5.41) is 0. The minimum absolute atomic E-state index is 0.225. The summed E-state index contributed by atoms with van der Waals surface area (Å²) in [6, 6.07) is 0. The summed E-state index contributed by atoms with van der Waals surface area (Å²) < 4.78 is 29.2. The van der Waals surface area contributed by atoms with E-state index < -0.39 is 5.82 Å². The lowest BCUT2D eigenvalue weighted by Gasteiger charge is -2.11. The van der Waals surface area contributed by atoms with Crippen LogP contribution in [0.15, 0.2) is 8.95 Å². The van der Waals surface area contributed by atoms with Gasteiger partial charge in [-0.1, -0.05) is 64.7 Å². The van der Waals surface area contributed by atoms with Crippen LogP contribution in [0.5, 0.6) is 5.75 Å². The highest BCUT2D eigenvalue weighted by molar-refractivity contribution is 9.11. The van der Waals surface area contributed by atoms with Gasteiger partial charge in [-0.2, -0.15) is 8.75 Å². The summed E-state index contributed by atoms with van der Waals surface area (Å²) in [6.07, 6.45) is 12.7. The summed E-state index contributed by atoms with van der Waals surface area (Å²) in [5.41, 5.74) is 1.16. The van der Waals surface area contributed by atoms with Crippen LogP contribution in [0.2, 0.25) is 0 Å². The van der Waals surface area contributed by atoms with Crippen LogP contribution < -0.4 is 4.74 Å². The second-order valence-electron chi connectivity index (χ2n) is 6.26. The number of unbranched alkanes of at least 4 members (excludes halogenated alkanes) is 9. The van der Waals surface area contributed by atoms with Crippen molar-refractivity contribution in [2.75, 3.05) is 6.61 Å². The third-order valence-corrected chi connectivity index (χ3v) is 6.23. The monoisotopic (exact) mass is 494 g/mol. The first-order chi connectivity index (χ1) is 12.2. The zero-order valence-electron chi connectivity index (χ0n) is 14.6. The molecule has 0 N–H and O–H groups in total. The molecule has 0 radical (unpaired) electrons. The number of rotatable bonds is 12. The second kappa shape index (κ2) is 11.4. The quantitative estimate of drug-likeness (QED) is 0.224. The van der Waals surface area contributed by atoms with Gasteiger partial charge in [0, 0.05) is 0 Å². The van der Waals surface area contributed by atoms with Crippen molar-refractivity contribution in [3.63, 3.8) is 0 Å². The molecule has 140 valence electrons. The van der Waals surface area contributed by atoms with Crippen LogP contribution in [0.1, 0.15) is 71.1 Å². The summed E-state index contributed by atoms with van der Waals surface area (Å²) in [5.74, 6) is -0.192. The molecule has 0 aliphatic carbocycles. The summed E-state index contributed by atoms with van der Waals surface area (Å²) in [6.45, 7) is 2.76. The van der Waals surface area contributed by atoms with Crippen LogP contribution in [-0.4, -0.2) is 15.4 Å². The van der Waals surface area contributed by atoms with E-state index in [2.05, 4.69) is 47.5 Å². The largest absolute Gasteiger partial charge is 0.489 e. The van der Waals surface area contributed by atoms with E-state index in [0.29, 0.717) is 26.6 Å². The number of hydrogen-bond acceptors (Lipinski definition) is 4. The third kappa shape index (κ3) is 6.14. The first-order valence-corrected chi connectivity index (χ1v) is 11.4. The van der Waals surface area contributed by atoms with E-state index in [1.165, 1.54) is 51.4 Å². The maximum Gasteiger partial charge on any atom is 0.182 e. The maximum atomic E-state index is 14.4. The molecule has 0 bridgehead atoms. The van der Waals surface area contributed by atoms with Crippen molar-refractivity contribution >= 4 is 54.6 Å². The Labute approximate surface area is 170 Å². The average Bonchev–Trinajstić information content (AvgIpc) is 3.10. The van der Waals surface area contributed by atoms with Gasteiger partial charge < -0.3 is 4.74 Å². The van der Waals surface area contributed by atoms with E-state index in [-0.39, 0.29) is 5.75 Å². The van der Waals surface area contributed by atoms with Gasteiger partial charge >= 0.3 is 0 Å². The summed E-state index contributed by atoms with van der Waals surface area (Å²) in [7, 11) is 0. The minimum atomic E-state index is -0.417. The lowest BCUT2D eigenvalue weighted by Crippen LogP contribution is -2.01. The molecular weight excluding hydrogens is 471 g/mol. The van der Waals surface area contributed by atoms with E-state index in [1.807, 2.05) is 0 Å². The minimum Gasteiger partial charge on any atom is -0.489 e. The number of benzene rings is 1. The van der Waals surface area contributed by atoms with Gasteiger partial charge in [0.2, 0.25) is 0 Å². The zero-order chi connectivity index (χ0) is 18.1. The van der Waals surface area contributed by atoms with Crippen LogP contribution in [0, 0.1) is 5.82 Å². The number of ether oxygens (including phenoxy) is 1. The van der Waals surface area contributed by atoms with Gasteiger partial charge in [0.25, 0.3) is 0 Å². The Kier molecular flexibility index (Phi) is 9.63. The molecule has 0 atom stereocenters. The summed E-state index contributed by atoms with van der Waals surface area (Å²) >= 11 is 7.70. The van der Waals surface area contributed by atoms with Crippen molar-refractivity contribution in [2.24, 2.45) is 0 Å². The highest BCUT2D eigenvalue weighted by atomic mass is 79.9. The molecule has 2 rings (SSSR count). The predicted molar refractivity (Wildman–Crippen MR) is 110 cm³/mol. The predicted octanol–water partition coefficient (Wildman–Crippen LogP) is 7.66. The Balaban J connectivity index is 1.66. The molecule has 0 unspecified atom stereocenters. The second-order valence-corrected chi connectivity index (χ2v) is 8.38. The van der Waals surface area contributed by atoms with Crippen molar-refractivity contribution < 1.29 is 9.13 Å². The van der Waals surface area contributed by atoms with Crippen LogP contribution in [0.4, 0.5) is 4.39 Å². The number of halogens is 3. The average molecular weight is 496 g/mol. The highest BCUT2D eigenvalue weighted by Gasteiger charge is 2.21. The van der Waals surface area contributed by atoms with Crippen molar-refractivity contribution in [3.8, 4) is 5.75 Å². The zero-order valence-corrected chi connectivity index (χ0v) is 18.6. The Morgan fingerprint density at radius 3 is 1.96 bits per heavy atom. The molecule has 0 fully saturated rings. The Hall–Kier alpha value is -0.270. The fraction of sp³-hybridized carbons (Fsp3) is 0.667. The molecule has 1 aromatic carbocycles. The molecule has 7 heteroatoms. The van der Waals surface area contributed by atoms with E-state index >= 15 is 0 Å². The van der Waals surface area contributed by atoms with Gasteiger partial charge in [-0.25, -0.2) is 4.39 Å². The Morgan fingerprint density at radius 2 is 1.36 bits per heavy atom. The van der Waals surface area contributed by atoms with E-state index in [9.17, 15) is 4.39 Å². The lowest BCUT2D eigenvalue weighted by molar-refractivity contribution is 0.288. The van der Waals surface area contributed by atoms with Crippen molar-refractivity contribution in [1.29, 1.82) is 0 Å². The van der Waals surface area contributed by atoms with Crippen molar-refractivity contribution in [1.82, 2.24) is 8.75 Å². The fourth-order valence-corrected chi connectivity index (χ4v) is 4.59. The Morgan fingerprint density at radius 1 is 0.840 bits per heavy atom. The molecule has 3 nitrogen and oxygen atoms in total. The van der Waals surface area contributed by atoms with Crippen molar-refractivity contribution in [2.45, 2.75) is 71.1 Å². The first kappa shape index (κ1) is 21.0. The van der Waals surface area contributed by atoms with Crippen LogP contribution in [0.25, 0.3) is 11.0 Å². The number of hydrogen-bond donors (Lipinski definition) is 0. The summed E-state index contributed by atoms with van der Waals surface area (Å²) in [4.78, 5) is 0. The van der Waals surface area contributed by atoms with Gasteiger partial charge in [0.1, 0.15) is 11.0 Å². The molecule has 1 aromatic heterocycles. The molecule has 1 heterocycles. The molecule has 0 spiro atoms. The van der Waals surface area contributed by atoms with E-state index in [1.54, 1.807) is 0 Å². The third-order valence-electron chi connectivity index (χ3n) is 4.24. The highest BCUT2D eigenvalue weighted by Crippen LogP contribution is 2.40. The van der Waals surface area contributed by atoms with Gasteiger partial charge in [-0.3, -0.25) is 0 Å². The normalized spacial score (nSPS) is 11.4. The smallest absolute Gasteiger partial charge is 0.182 e.